The van der Waals surface area contributed by atoms with Gasteiger partial charge < -0.3 is 40.6 Å². The number of aryl methyl sites for hydroxylation is 1. The number of esters is 1. The molecule has 2 aromatic rings. The number of benzene rings is 1. The van der Waals surface area contributed by atoms with Crippen molar-refractivity contribution in [2.24, 2.45) is 11.1 Å². The molecule has 12 heteroatoms. The third-order valence-corrected chi connectivity index (χ3v) is 6.92. The van der Waals surface area contributed by atoms with Crippen molar-refractivity contribution < 1.29 is 39.1 Å². The molecule has 0 unspecified atom stereocenters. The summed E-state index contributed by atoms with van der Waals surface area (Å²) in [6, 6.07) is 5.82. The first-order chi connectivity index (χ1) is 18.9. The largest absolute Gasteiger partial charge is 0.557 e. The highest BCUT2D eigenvalue weighted by molar-refractivity contribution is 5.80. The molecule has 3 rings (SSSR count). The Labute approximate surface area is 234 Å². The van der Waals surface area contributed by atoms with Gasteiger partial charge in [0.15, 0.2) is 0 Å². The first-order valence-corrected chi connectivity index (χ1v) is 13.4. The summed E-state index contributed by atoms with van der Waals surface area (Å²) in [4.78, 5) is 11.4. The van der Waals surface area contributed by atoms with Crippen molar-refractivity contribution in [1.82, 2.24) is 15.5 Å². The topological polar surface area (TPSA) is 194 Å². The average Bonchev–Trinajstić information content (AvgIpc) is 3.30. The number of nitrogens with one attached hydrogen (secondary N) is 2. The lowest BCUT2D eigenvalue weighted by Gasteiger charge is -2.35. The normalized spacial score (nSPS) is 20.1. The summed E-state index contributed by atoms with van der Waals surface area (Å²) < 4.78 is 17.1. The van der Waals surface area contributed by atoms with Crippen LogP contribution < -0.4 is 20.5 Å². The van der Waals surface area contributed by atoms with Gasteiger partial charge in [0.25, 0.3) is 0 Å². The fourth-order valence-electron chi connectivity index (χ4n) is 4.18. The number of rotatable bonds is 13. The molecule has 0 fully saturated rings. The van der Waals surface area contributed by atoms with Crippen molar-refractivity contribution in [2.75, 3.05) is 26.3 Å². The summed E-state index contributed by atoms with van der Waals surface area (Å²) in [5, 5.41) is 50.3. The van der Waals surface area contributed by atoms with Crippen LogP contribution in [0.2, 0.25) is 0 Å². The fraction of sp³-hybridized carbons (Fsp3) is 0.571. The van der Waals surface area contributed by atoms with Crippen LogP contribution in [-0.4, -0.2) is 87.1 Å². The van der Waals surface area contributed by atoms with Crippen LogP contribution in [0.25, 0.3) is 0 Å². The number of primary amides is 1. The number of nitrogens with zero attached hydrogens (tertiary/aromatic N) is 1. The van der Waals surface area contributed by atoms with Gasteiger partial charge in [-0.25, -0.2) is 0 Å². The van der Waals surface area contributed by atoms with Crippen LogP contribution in [0.3, 0.4) is 0 Å². The second-order valence-electron chi connectivity index (χ2n) is 11.0. The van der Waals surface area contributed by atoms with Crippen molar-refractivity contribution in [2.45, 2.75) is 71.7 Å². The maximum Gasteiger partial charge on any atom is 0.493 e. The van der Waals surface area contributed by atoms with E-state index in [1.54, 1.807) is 13.8 Å². The van der Waals surface area contributed by atoms with Crippen LogP contribution >= 0.6 is 0 Å². The Hall–Kier alpha value is -3.03. The number of carbonyl (C=O) groups is 1. The number of aliphatic hydroxyl groups excluding tert-OH is 4. The first-order valence-electron chi connectivity index (χ1n) is 13.4. The van der Waals surface area contributed by atoms with E-state index in [4.69, 9.17) is 19.6 Å². The highest BCUT2D eigenvalue weighted by atomic mass is 16.6. The third kappa shape index (κ3) is 7.58. The molecule has 1 aliphatic rings. The van der Waals surface area contributed by atoms with E-state index >= 15 is 0 Å². The van der Waals surface area contributed by atoms with E-state index in [9.17, 15) is 25.2 Å². The van der Waals surface area contributed by atoms with Crippen LogP contribution in [0.5, 0.6) is 11.6 Å². The zero-order valence-electron chi connectivity index (χ0n) is 23.7. The van der Waals surface area contributed by atoms with E-state index in [1.165, 1.54) is 0 Å². The molecule has 40 heavy (non-hydrogen) atoms. The Kier molecular flexibility index (Phi) is 10.7. The zero-order chi connectivity index (χ0) is 29.6. The number of H-pyrrole nitrogens is 1. The second kappa shape index (κ2) is 13.6. The number of amides is 1. The van der Waals surface area contributed by atoms with Crippen molar-refractivity contribution in [1.29, 1.82) is 0 Å². The SMILES string of the molecule is Cc1cc(OCCCNCC(C)(C)C(N)=O)ccc1Cc1c(OC2=[O+][C@H](CO)[C@@H](O)[C-](O)[C@H]2O)n[nH]c1C(C)C. The Morgan fingerprint density at radius 3 is 2.67 bits per heavy atom. The third-order valence-electron chi connectivity index (χ3n) is 6.92. The summed E-state index contributed by atoms with van der Waals surface area (Å²) in [6.45, 7) is 10.7. The molecule has 0 radical (unpaired) electrons. The number of hydrogen-bond acceptors (Lipinski definition) is 9. The van der Waals surface area contributed by atoms with E-state index in [0.29, 0.717) is 26.1 Å². The summed E-state index contributed by atoms with van der Waals surface area (Å²) >= 11 is 0. The molecule has 0 bridgehead atoms. The Morgan fingerprint density at radius 2 is 2.05 bits per heavy atom. The number of aliphatic hydroxyl groups is 4. The maximum atomic E-state index is 11.4. The number of hydrogen-bond donors (Lipinski definition) is 7. The van der Waals surface area contributed by atoms with Gasteiger partial charge in [-0.05, 0) is 62.9 Å². The molecule has 1 aromatic heterocycles. The van der Waals surface area contributed by atoms with E-state index in [0.717, 1.165) is 34.6 Å². The molecular weight excluding hydrogens is 520 g/mol. The van der Waals surface area contributed by atoms with E-state index < -0.39 is 36.4 Å². The number of aromatic amines is 1. The molecule has 0 saturated heterocycles. The van der Waals surface area contributed by atoms with Gasteiger partial charge in [-0.2, -0.15) is 0 Å². The molecule has 8 N–H and O–H groups in total. The van der Waals surface area contributed by atoms with E-state index in [1.807, 2.05) is 39.0 Å². The van der Waals surface area contributed by atoms with Crippen LogP contribution in [-0.2, 0) is 15.6 Å². The first kappa shape index (κ1) is 31.5. The Bertz CT molecular complexity index is 1180. The Morgan fingerprint density at radius 1 is 1.32 bits per heavy atom. The molecule has 222 valence electrons. The van der Waals surface area contributed by atoms with E-state index in [-0.39, 0.29) is 23.7 Å². The number of carbonyl (C=O) groups excluding carboxylic acids is 2. The molecule has 0 saturated carbocycles. The fourth-order valence-corrected chi connectivity index (χ4v) is 4.18. The molecule has 1 aromatic carbocycles. The van der Waals surface area contributed by atoms with Crippen LogP contribution in [0.1, 0.15) is 62.4 Å². The molecule has 1 aliphatic heterocycles. The molecule has 1 amide bonds. The zero-order valence-corrected chi connectivity index (χ0v) is 23.7. The molecule has 2 heterocycles. The number of ether oxygens (including phenoxy) is 2. The van der Waals surface area contributed by atoms with Gasteiger partial charge >= 0.3 is 11.8 Å². The summed E-state index contributed by atoms with van der Waals surface area (Å²) in [5.74, 6) is 0.260. The van der Waals surface area contributed by atoms with Crippen molar-refractivity contribution in [3.8, 4) is 11.6 Å². The van der Waals surface area contributed by atoms with Crippen molar-refractivity contribution in [3.63, 3.8) is 0 Å². The molecule has 3 atom stereocenters. The standard InChI is InChI=1S/C28H42N4O8/c1-15(2)21-19(25(32-31-21)40-26-24(36)23(35)22(34)20(13-33)39-26)12-17-7-8-18(11-16(17)3)38-10-6-9-30-14-28(4,5)27(29)37/h7-8,11,15,20,22,24,30,33-36H,6,9-10,12-14H2,1-5H3,(H2,29,37)(H,31,32)/t20-,22-,24-/m1/s1. The Balaban J connectivity index is 1.67. The molecule has 0 aliphatic carbocycles. The van der Waals surface area contributed by atoms with Gasteiger partial charge in [0.1, 0.15) is 18.5 Å². The van der Waals surface area contributed by atoms with Crippen molar-refractivity contribution in [3.05, 3.63) is 46.7 Å². The quantitative estimate of drug-likeness (QED) is 0.0798. The predicted octanol–water partition coefficient (Wildman–Crippen LogP) is 0.744. The van der Waals surface area contributed by atoms with E-state index in [2.05, 4.69) is 15.5 Å². The molecule has 12 nitrogen and oxygen atoms in total. The minimum absolute atomic E-state index is 0.0825. The average molecular weight is 563 g/mol. The number of nitrogens with two attached hydrogens (primary N) is 1. The summed E-state index contributed by atoms with van der Waals surface area (Å²) in [6.07, 6.45) is -3.89. The van der Waals surface area contributed by atoms with Gasteiger partial charge in [0.05, 0.1) is 17.6 Å². The molecule has 0 spiro atoms. The highest BCUT2D eigenvalue weighted by Crippen LogP contribution is 2.31. The van der Waals surface area contributed by atoms with Crippen LogP contribution in [0.4, 0.5) is 0 Å². The minimum atomic E-state index is -1.70. The van der Waals surface area contributed by atoms with Gasteiger partial charge in [-0.15, -0.1) is 11.2 Å². The second-order valence-corrected chi connectivity index (χ2v) is 11.0. The van der Waals surface area contributed by atoms with Gasteiger partial charge in [-0.1, -0.05) is 19.9 Å². The lowest BCUT2D eigenvalue weighted by atomic mass is 9.93. The summed E-state index contributed by atoms with van der Waals surface area (Å²) in [7, 11) is 0. The van der Waals surface area contributed by atoms with Crippen molar-refractivity contribution >= 4 is 11.9 Å². The lowest BCUT2D eigenvalue weighted by molar-refractivity contribution is -0.537. The number of aromatic nitrogens is 2. The maximum absolute atomic E-state index is 11.4. The van der Waals surface area contributed by atoms with Crippen LogP contribution in [0.15, 0.2) is 18.2 Å². The van der Waals surface area contributed by atoms with Gasteiger partial charge in [0.2, 0.25) is 12.0 Å². The predicted molar refractivity (Wildman–Crippen MR) is 146 cm³/mol. The summed E-state index contributed by atoms with van der Waals surface area (Å²) in [5.41, 5.74) is 8.37. The minimum Gasteiger partial charge on any atom is -0.557 e. The monoisotopic (exact) mass is 562 g/mol. The lowest BCUT2D eigenvalue weighted by Crippen LogP contribution is -2.51. The van der Waals surface area contributed by atoms with Gasteiger partial charge in [-0.3, -0.25) is 14.6 Å². The smallest absolute Gasteiger partial charge is 0.493 e. The highest BCUT2D eigenvalue weighted by Gasteiger charge is 2.41. The van der Waals surface area contributed by atoms with Gasteiger partial charge in [0, 0.05) is 24.8 Å². The molecular formula is C28H42N4O8. The van der Waals surface area contributed by atoms with Crippen LogP contribution in [0, 0.1) is 18.4 Å².